The molecule has 3 aromatic rings. The summed E-state index contributed by atoms with van der Waals surface area (Å²) in [5.41, 5.74) is 3.25. The van der Waals surface area contributed by atoms with Gasteiger partial charge in [-0.1, -0.05) is 41.4 Å². The molecule has 174 valence electrons. The minimum atomic E-state index is -0.491. The van der Waals surface area contributed by atoms with E-state index in [0.29, 0.717) is 23.6 Å². The summed E-state index contributed by atoms with van der Waals surface area (Å²) in [6.45, 7) is 4.32. The van der Waals surface area contributed by atoms with Gasteiger partial charge in [0.15, 0.2) is 11.5 Å². The van der Waals surface area contributed by atoms with Crippen molar-refractivity contribution in [3.63, 3.8) is 0 Å². The van der Waals surface area contributed by atoms with Crippen LogP contribution in [0, 0.1) is 24.0 Å². The molecule has 0 spiro atoms. The summed E-state index contributed by atoms with van der Waals surface area (Å²) in [5.74, 6) is 0.247. The molecule has 0 unspecified atom stereocenters. The molecular weight excluding hydrogens is 448 g/mol. The second kappa shape index (κ2) is 10.4. The first-order chi connectivity index (χ1) is 15.7. The molecule has 1 aromatic heterocycles. The summed E-state index contributed by atoms with van der Waals surface area (Å²) >= 11 is 6.46. The van der Waals surface area contributed by atoms with Gasteiger partial charge in [0.05, 0.1) is 43.0 Å². The number of aromatic nitrogens is 2. The van der Waals surface area contributed by atoms with Crippen LogP contribution in [0.5, 0.6) is 11.5 Å². The fourth-order valence-electron chi connectivity index (χ4n) is 3.46. The number of rotatable bonds is 9. The number of nitrogens with one attached hydrogen (secondary N) is 1. The van der Waals surface area contributed by atoms with Crippen molar-refractivity contribution >= 4 is 23.2 Å². The fraction of sp³-hybridized carbons (Fsp3) is 0.304. The zero-order valence-electron chi connectivity index (χ0n) is 18.8. The highest BCUT2D eigenvalue weighted by Gasteiger charge is 2.22. The first-order valence-corrected chi connectivity index (χ1v) is 10.6. The Morgan fingerprint density at radius 2 is 1.79 bits per heavy atom. The minimum Gasteiger partial charge on any atom is -0.493 e. The van der Waals surface area contributed by atoms with Gasteiger partial charge in [0.25, 0.3) is 11.6 Å². The highest BCUT2D eigenvalue weighted by atomic mass is 35.5. The first kappa shape index (κ1) is 24.1. The number of nitro benzene ring substituents is 1. The molecule has 1 heterocycles. The van der Waals surface area contributed by atoms with Crippen LogP contribution in [0.3, 0.4) is 0 Å². The van der Waals surface area contributed by atoms with Crippen molar-refractivity contribution in [2.75, 3.05) is 20.8 Å². The van der Waals surface area contributed by atoms with Crippen LogP contribution in [0.4, 0.5) is 5.69 Å². The monoisotopic (exact) mass is 472 g/mol. The zero-order valence-corrected chi connectivity index (χ0v) is 19.6. The molecule has 0 radical (unpaired) electrons. The maximum absolute atomic E-state index is 12.8. The van der Waals surface area contributed by atoms with E-state index in [1.165, 1.54) is 20.3 Å². The highest BCUT2D eigenvalue weighted by molar-refractivity contribution is 6.33. The Kier molecular flexibility index (Phi) is 7.55. The smallest absolute Gasteiger partial charge is 0.276 e. The number of nitrogens with zero attached hydrogens (tertiary/aromatic N) is 3. The van der Waals surface area contributed by atoms with Crippen LogP contribution < -0.4 is 14.8 Å². The molecule has 0 aliphatic heterocycles. The van der Waals surface area contributed by atoms with Crippen molar-refractivity contribution in [2.45, 2.75) is 26.8 Å². The molecule has 10 heteroatoms. The van der Waals surface area contributed by atoms with Crippen LogP contribution in [0.25, 0.3) is 0 Å². The second-order valence-electron chi connectivity index (χ2n) is 7.49. The van der Waals surface area contributed by atoms with Crippen molar-refractivity contribution < 1.29 is 19.2 Å². The van der Waals surface area contributed by atoms with Crippen LogP contribution in [-0.4, -0.2) is 41.4 Å². The summed E-state index contributed by atoms with van der Waals surface area (Å²) in [6.07, 6.45) is 0.219. The maximum Gasteiger partial charge on any atom is 0.276 e. The molecule has 2 aromatic carbocycles. The van der Waals surface area contributed by atoms with Gasteiger partial charge >= 0.3 is 0 Å². The summed E-state index contributed by atoms with van der Waals surface area (Å²) in [4.78, 5) is 23.8. The van der Waals surface area contributed by atoms with Gasteiger partial charge < -0.3 is 14.8 Å². The lowest BCUT2D eigenvalue weighted by Crippen LogP contribution is -2.26. The summed E-state index contributed by atoms with van der Waals surface area (Å²) in [5, 5.41) is 18.9. The van der Waals surface area contributed by atoms with Crippen LogP contribution in [-0.2, 0) is 13.0 Å². The van der Waals surface area contributed by atoms with Crippen LogP contribution in [0.15, 0.2) is 36.4 Å². The van der Waals surface area contributed by atoms with E-state index in [2.05, 4.69) is 10.4 Å². The molecule has 9 nitrogen and oxygen atoms in total. The molecule has 1 amide bonds. The number of aryl methyl sites for hydroxylation is 2. The predicted molar refractivity (Wildman–Crippen MR) is 124 cm³/mol. The Balaban J connectivity index is 1.72. The molecular formula is C23H25ClN4O5. The van der Waals surface area contributed by atoms with Gasteiger partial charge in [-0.25, -0.2) is 4.68 Å². The topological polar surface area (TPSA) is 109 Å². The van der Waals surface area contributed by atoms with Gasteiger partial charge in [-0.05, 0) is 31.9 Å². The number of carbonyl (C=O) groups is 1. The average Bonchev–Trinajstić information content (AvgIpc) is 3.07. The van der Waals surface area contributed by atoms with Crippen LogP contribution >= 0.6 is 11.6 Å². The van der Waals surface area contributed by atoms with E-state index in [9.17, 15) is 14.9 Å². The van der Waals surface area contributed by atoms with Gasteiger partial charge in [-0.2, -0.15) is 5.10 Å². The van der Waals surface area contributed by atoms with Crippen molar-refractivity contribution in [3.8, 4) is 11.5 Å². The van der Waals surface area contributed by atoms with Crippen molar-refractivity contribution in [3.05, 3.63) is 79.6 Å². The molecule has 3 rings (SSSR count). The van der Waals surface area contributed by atoms with Gasteiger partial charge in [0.2, 0.25) is 0 Å². The number of ether oxygens (including phenoxy) is 2. The van der Waals surface area contributed by atoms with E-state index in [0.717, 1.165) is 11.1 Å². The van der Waals surface area contributed by atoms with Gasteiger partial charge in [0.1, 0.15) is 5.15 Å². The van der Waals surface area contributed by atoms with E-state index in [-0.39, 0.29) is 35.1 Å². The largest absolute Gasteiger partial charge is 0.493 e. The number of nitro groups is 1. The van der Waals surface area contributed by atoms with Crippen molar-refractivity contribution in [1.29, 1.82) is 0 Å². The van der Waals surface area contributed by atoms with Gasteiger partial charge in [-0.3, -0.25) is 14.9 Å². The Hall–Kier alpha value is -3.59. The van der Waals surface area contributed by atoms with Crippen LogP contribution in [0.1, 0.15) is 32.7 Å². The first-order valence-electron chi connectivity index (χ1n) is 10.2. The molecule has 0 saturated carbocycles. The lowest BCUT2D eigenvalue weighted by molar-refractivity contribution is -0.385. The van der Waals surface area contributed by atoms with E-state index >= 15 is 0 Å². The maximum atomic E-state index is 12.8. The van der Waals surface area contributed by atoms with E-state index in [1.807, 2.05) is 31.2 Å². The van der Waals surface area contributed by atoms with Crippen molar-refractivity contribution in [2.24, 2.45) is 0 Å². The molecule has 0 aliphatic rings. The quantitative estimate of drug-likeness (QED) is 0.371. The lowest BCUT2D eigenvalue weighted by atomic mass is 10.1. The molecule has 0 atom stereocenters. The summed E-state index contributed by atoms with van der Waals surface area (Å²) < 4.78 is 11.9. The Morgan fingerprint density at radius 3 is 2.39 bits per heavy atom. The average molecular weight is 473 g/mol. The zero-order chi connectivity index (χ0) is 24.1. The third-order valence-corrected chi connectivity index (χ3v) is 5.59. The number of hydrogen-bond donors (Lipinski definition) is 1. The minimum absolute atomic E-state index is 0.109. The predicted octanol–water partition coefficient (Wildman–Crippen LogP) is 4.10. The number of hydrogen-bond acceptors (Lipinski definition) is 6. The summed E-state index contributed by atoms with van der Waals surface area (Å²) in [7, 11) is 2.86. The molecule has 33 heavy (non-hydrogen) atoms. The number of methoxy groups -OCH3 is 2. The van der Waals surface area contributed by atoms with E-state index < -0.39 is 10.8 Å². The number of benzene rings is 2. The molecule has 0 saturated heterocycles. The number of amides is 1. The molecule has 1 N–H and O–H groups in total. The van der Waals surface area contributed by atoms with Gasteiger partial charge in [-0.15, -0.1) is 0 Å². The molecule has 0 aliphatic carbocycles. The Bertz CT molecular complexity index is 1170. The number of halogens is 1. The third-order valence-electron chi connectivity index (χ3n) is 5.21. The van der Waals surface area contributed by atoms with E-state index in [4.69, 9.17) is 21.1 Å². The van der Waals surface area contributed by atoms with Crippen LogP contribution in [0.2, 0.25) is 5.15 Å². The Labute approximate surface area is 196 Å². The van der Waals surface area contributed by atoms with Crippen molar-refractivity contribution in [1.82, 2.24) is 15.1 Å². The SMILES string of the molecule is COc1cc(CCNC(=O)c2c(C)nn(Cc3ccc(C)cc3)c2Cl)c([N+](=O)[O-])cc1OC. The van der Waals surface area contributed by atoms with E-state index in [1.54, 1.807) is 17.7 Å². The normalized spacial score (nSPS) is 10.7. The molecule has 0 fully saturated rings. The number of carbonyl (C=O) groups excluding carboxylic acids is 1. The fourth-order valence-corrected chi connectivity index (χ4v) is 3.78. The Morgan fingerprint density at radius 1 is 1.15 bits per heavy atom. The second-order valence-corrected chi connectivity index (χ2v) is 7.85. The summed E-state index contributed by atoms with van der Waals surface area (Å²) in [6, 6.07) is 10.8. The standard InChI is InChI=1S/C23H25ClN4O5/c1-14-5-7-16(8-6-14)13-27-22(24)21(15(2)26-27)23(29)25-10-9-17-11-19(32-3)20(33-4)12-18(17)28(30)31/h5-8,11-12H,9-10,13H2,1-4H3,(H,25,29). The lowest BCUT2D eigenvalue weighted by Gasteiger charge is -2.11. The highest BCUT2D eigenvalue weighted by Crippen LogP contribution is 2.34. The third kappa shape index (κ3) is 5.43. The molecule has 0 bridgehead atoms. The van der Waals surface area contributed by atoms with Gasteiger partial charge in [0, 0.05) is 12.1 Å².